The maximum Gasteiger partial charge on any atom is 0.231 e. The van der Waals surface area contributed by atoms with Crippen molar-refractivity contribution in [3.05, 3.63) is 53.3 Å². The van der Waals surface area contributed by atoms with Gasteiger partial charge in [-0.25, -0.2) is 9.67 Å². The number of hydrogen-bond acceptors (Lipinski definition) is 6. The molecule has 0 fully saturated rings. The average Bonchev–Trinajstić information content (AvgIpc) is 3.39. The van der Waals surface area contributed by atoms with E-state index >= 15 is 0 Å². The molecule has 2 aromatic carbocycles. The molecule has 1 amide bonds. The summed E-state index contributed by atoms with van der Waals surface area (Å²) >= 11 is 0. The van der Waals surface area contributed by atoms with Crippen LogP contribution in [0.4, 0.5) is 0 Å². The third-order valence-corrected chi connectivity index (χ3v) is 4.60. The third kappa shape index (κ3) is 2.70. The average molecular weight is 364 g/mol. The Labute approximate surface area is 154 Å². The summed E-state index contributed by atoms with van der Waals surface area (Å²) in [6.45, 7) is 1.29. The Morgan fingerprint density at radius 1 is 1.15 bits per heavy atom. The molecule has 2 aliphatic heterocycles. The van der Waals surface area contributed by atoms with Crippen molar-refractivity contribution in [1.82, 2.24) is 14.8 Å². The highest BCUT2D eigenvalue weighted by molar-refractivity contribution is 5.76. The quantitative estimate of drug-likeness (QED) is 0.756. The van der Waals surface area contributed by atoms with Crippen molar-refractivity contribution in [2.24, 2.45) is 5.73 Å². The Kier molecular flexibility index (Phi) is 3.58. The van der Waals surface area contributed by atoms with E-state index in [9.17, 15) is 4.79 Å². The number of fused-ring (bicyclic) bond motifs is 2. The summed E-state index contributed by atoms with van der Waals surface area (Å²) in [7, 11) is 0. The van der Waals surface area contributed by atoms with Crippen molar-refractivity contribution >= 4 is 5.91 Å². The van der Waals surface area contributed by atoms with Gasteiger partial charge in [-0.05, 0) is 23.3 Å². The highest BCUT2D eigenvalue weighted by atomic mass is 16.7. The number of hydrogen-bond donors (Lipinski definition) is 1. The zero-order valence-corrected chi connectivity index (χ0v) is 14.3. The van der Waals surface area contributed by atoms with Gasteiger partial charge in [-0.2, -0.15) is 5.10 Å². The second-order valence-corrected chi connectivity index (χ2v) is 6.38. The summed E-state index contributed by atoms with van der Waals surface area (Å²) in [5.74, 6) is 1.85. The smallest absolute Gasteiger partial charge is 0.231 e. The number of nitrogens with zero attached hydrogens (tertiary/aromatic N) is 3. The minimum atomic E-state index is -0.481. The SMILES string of the molecule is NC(=O)Cc1nc(-c2cccc3c2COC3)n(-c2ccc3c(c2)OCO3)n1. The molecule has 0 saturated carbocycles. The van der Waals surface area contributed by atoms with E-state index < -0.39 is 5.91 Å². The molecule has 0 bridgehead atoms. The van der Waals surface area contributed by atoms with E-state index in [2.05, 4.69) is 10.1 Å². The zero-order valence-electron chi connectivity index (χ0n) is 14.3. The summed E-state index contributed by atoms with van der Waals surface area (Å²) < 4.78 is 18.1. The second-order valence-electron chi connectivity index (χ2n) is 6.38. The number of amides is 1. The molecule has 8 heteroatoms. The molecular weight excluding hydrogens is 348 g/mol. The Bertz CT molecular complexity index is 1060. The molecule has 3 aromatic rings. The standard InChI is InChI=1S/C19H16N4O4/c20-17(24)7-18-21-19(13-3-1-2-11-8-25-9-14(11)13)23(22-18)12-4-5-15-16(6-12)27-10-26-15/h1-6H,7-10H2,(H2,20,24). The molecule has 2 N–H and O–H groups in total. The molecule has 8 nitrogen and oxygen atoms in total. The highest BCUT2D eigenvalue weighted by Crippen LogP contribution is 2.36. The number of carbonyl (C=O) groups excluding carboxylic acids is 1. The van der Waals surface area contributed by atoms with Gasteiger partial charge in [0.2, 0.25) is 12.7 Å². The molecule has 0 unspecified atom stereocenters. The van der Waals surface area contributed by atoms with Gasteiger partial charge in [0.05, 0.1) is 25.3 Å². The second kappa shape index (κ2) is 6.10. The van der Waals surface area contributed by atoms with Gasteiger partial charge in [0, 0.05) is 11.6 Å². The molecule has 0 atom stereocenters. The normalized spacial score (nSPS) is 14.4. The molecule has 2 aliphatic rings. The van der Waals surface area contributed by atoms with Crippen LogP contribution in [0.3, 0.4) is 0 Å². The molecule has 0 spiro atoms. The number of primary amides is 1. The van der Waals surface area contributed by atoms with Gasteiger partial charge in [-0.15, -0.1) is 0 Å². The van der Waals surface area contributed by atoms with Crippen LogP contribution in [0.2, 0.25) is 0 Å². The van der Waals surface area contributed by atoms with Gasteiger partial charge < -0.3 is 19.9 Å². The summed E-state index contributed by atoms with van der Waals surface area (Å²) in [4.78, 5) is 16.0. The van der Waals surface area contributed by atoms with E-state index in [1.54, 1.807) is 4.68 Å². The zero-order chi connectivity index (χ0) is 18.4. The maximum absolute atomic E-state index is 11.4. The molecule has 1 aromatic heterocycles. The first-order chi connectivity index (χ1) is 13.2. The van der Waals surface area contributed by atoms with Gasteiger partial charge in [-0.1, -0.05) is 18.2 Å². The van der Waals surface area contributed by atoms with Crippen LogP contribution in [-0.2, 0) is 29.2 Å². The van der Waals surface area contributed by atoms with Crippen molar-refractivity contribution < 1.29 is 19.0 Å². The van der Waals surface area contributed by atoms with Crippen molar-refractivity contribution in [2.45, 2.75) is 19.6 Å². The topological polar surface area (TPSA) is 101 Å². The molecule has 136 valence electrons. The molecule has 0 radical (unpaired) electrons. The fraction of sp³-hybridized carbons (Fsp3) is 0.211. The van der Waals surface area contributed by atoms with E-state index in [0.717, 1.165) is 22.4 Å². The van der Waals surface area contributed by atoms with Crippen LogP contribution in [0.1, 0.15) is 17.0 Å². The minimum Gasteiger partial charge on any atom is -0.454 e. The van der Waals surface area contributed by atoms with Crippen molar-refractivity contribution in [1.29, 1.82) is 0 Å². The van der Waals surface area contributed by atoms with Crippen molar-refractivity contribution in [3.63, 3.8) is 0 Å². The predicted molar refractivity (Wildman–Crippen MR) is 94.3 cm³/mol. The Balaban J connectivity index is 1.68. The van der Waals surface area contributed by atoms with Crippen LogP contribution < -0.4 is 15.2 Å². The fourth-order valence-corrected chi connectivity index (χ4v) is 3.37. The van der Waals surface area contributed by atoms with Crippen LogP contribution in [-0.4, -0.2) is 27.5 Å². The summed E-state index contributed by atoms with van der Waals surface area (Å²) in [6, 6.07) is 11.5. The molecule has 5 rings (SSSR count). The Morgan fingerprint density at radius 3 is 2.93 bits per heavy atom. The molecule has 0 saturated heterocycles. The van der Waals surface area contributed by atoms with Gasteiger partial charge in [-0.3, -0.25) is 4.79 Å². The number of carbonyl (C=O) groups is 1. The lowest BCUT2D eigenvalue weighted by atomic mass is 10.0. The first-order valence-corrected chi connectivity index (χ1v) is 8.52. The minimum absolute atomic E-state index is 0.0317. The molecule has 27 heavy (non-hydrogen) atoms. The predicted octanol–water partition coefficient (Wildman–Crippen LogP) is 1.72. The first-order valence-electron chi connectivity index (χ1n) is 8.52. The molecular formula is C19H16N4O4. The van der Waals surface area contributed by atoms with E-state index in [4.69, 9.17) is 19.9 Å². The lowest BCUT2D eigenvalue weighted by Gasteiger charge is -2.09. The number of ether oxygens (including phenoxy) is 3. The maximum atomic E-state index is 11.4. The van der Waals surface area contributed by atoms with E-state index in [1.807, 2.05) is 36.4 Å². The molecule has 3 heterocycles. The van der Waals surface area contributed by atoms with E-state index in [0.29, 0.717) is 36.4 Å². The van der Waals surface area contributed by atoms with E-state index in [-0.39, 0.29) is 13.2 Å². The first kappa shape index (κ1) is 15.8. The summed E-state index contributed by atoms with van der Waals surface area (Å²) in [6.07, 6.45) is -0.0317. The number of rotatable bonds is 4. The van der Waals surface area contributed by atoms with Crippen LogP contribution in [0.15, 0.2) is 36.4 Å². The van der Waals surface area contributed by atoms with Crippen LogP contribution in [0.5, 0.6) is 11.5 Å². The van der Waals surface area contributed by atoms with Gasteiger partial charge in [0.15, 0.2) is 23.1 Å². The van der Waals surface area contributed by atoms with Crippen LogP contribution in [0, 0.1) is 0 Å². The highest BCUT2D eigenvalue weighted by Gasteiger charge is 2.23. The van der Waals surface area contributed by atoms with Crippen molar-refractivity contribution in [2.75, 3.05) is 6.79 Å². The number of benzene rings is 2. The summed E-state index contributed by atoms with van der Waals surface area (Å²) in [5, 5.41) is 4.52. The lowest BCUT2D eigenvalue weighted by molar-refractivity contribution is -0.117. The van der Waals surface area contributed by atoms with E-state index in [1.165, 1.54) is 0 Å². The lowest BCUT2D eigenvalue weighted by Crippen LogP contribution is -2.14. The van der Waals surface area contributed by atoms with Crippen LogP contribution in [0.25, 0.3) is 17.1 Å². The number of nitrogens with two attached hydrogens (primary N) is 1. The van der Waals surface area contributed by atoms with Gasteiger partial charge >= 0.3 is 0 Å². The van der Waals surface area contributed by atoms with Crippen molar-refractivity contribution in [3.8, 4) is 28.6 Å². The fourth-order valence-electron chi connectivity index (χ4n) is 3.37. The monoisotopic (exact) mass is 364 g/mol. The third-order valence-electron chi connectivity index (χ3n) is 4.60. The van der Waals surface area contributed by atoms with Crippen LogP contribution >= 0.6 is 0 Å². The molecule has 0 aliphatic carbocycles. The van der Waals surface area contributed by atoms with Gasteiger partial charge in [0.1, 0.15) is 0 Å². The number of aromatic nitrogens is 3. The largest absolute Gasteiger partial charge is 0.454 e. The summed E-state index contributed by atoms with van der Waals surface area (Å²) in [5.41, 5.74) is 9.23. The Morgan fingerprint density at radius 2 is 2.04 bits per heavy atom. The Hall–Kier alpha value is -3.39. The van der Waals surface area contributed by atoms with Gasteiger partial charge in [0.25, 0.3) is 0 Å².